The number of aliphatic hydroxyl groups excluding tert-OH is 3. The molecule has 0 amide bonds. The predicted octanol–water partition coefficient (Wildman–Crippen LogP) is 3.39. The summed E-state index contributed by atoms with van der Waals surface area (Å²) in [6.07, 6.45) is 8.68. The molecule has 0 aromatic carbocycles. The number of hydrogen-bond acceptors (Lipinski definition) is 8. The normalized spacial score (nSPS) is 46.9. The second kappa shape index (κ2) is 10.5. The number of ether oxygens (including phenoxy) is 3. The summed E-state index contributed by atoms with van der Waals surface area (Å²) in [6, 6.07) is 0. The summed E-state index contributed by atoms with van der Waals surface area (Å²) in [4.78, 5) is 26.2. The first-order chi connectivity index (χ1) is 19.0. The number of esters is 1. The molecule has 6 aliphatic rings. The van der Waals surface area contributed by atoms with Crippen molar-refractivity contribution in [3.05, 3.63) is 34.9 Å². The van der Waals surface area contributed by atoms with Gasteiger partial charge in [-0.2, -0.15) is 0 Å². The molecule has 11 atom stereocenters. The van der Waals surface area contributed by atoms with E-state index >= 15 is 0 Å². The average Bonchev–Trinajstić information content (AvgIpc) is 3.23. The van der Waals surface area contributed by atoms with Crippen molar-refractivity contribution in [1.82, 2.24) is 0 Å². The van der Waals surface area contributed by atoms with Crippen LogP contribution in [-0.4, -0.2) is 71.0 Å². The first kappa shape index (κ1) is 28.3. The van der Waals surface area contributed by atoms with Crippen LogP contribution in [0.3, 0.4) is 0 Å². The van der Waals surface area contributed by atoms with Crippen molar-refractivity contribution in [2.75, 3.05) is 13.2 Å². The van der Waals surface area contributed by atoms with E-state index in [-0.39, 0.29) is 48.8 Å². The Hall–Kier alpha value is -1.84. The van der Waals surface area contributed by atoms with Crippen molar-refractivity contribution in [2.45, 2.75) is 103 Å². The van der Waals surface area contributed by atoms with Crippen LogP contribution in [0.15, 0.2) is 34.9 Å². The summed E-state index contributed by atoms with van der Waals surface area (Å²) in [5, 5.41) is 31.4. The fourth-order valence-corrected chi connectivity index (χ4v) is 9.28. The van der Waals surface area contributed by atoms with E-state index in [0.717, 1.165) is 31.3 Å². The molecule has 0 radical (unpaired) electrons. The monoisotopic (exact) mass is 556 g/mol. The van der Waals surface area contributed by atoms with E-state index < -0.39 is 36.0 Å². The van der Waals surface area contributed by atoms with Crippen LogP contribution in [0, 0.1) is 34.5 Å². The summed E-state index contributed by atoms with van der Waals surface area (Å²) >= 11 is 0. The van der Waals surface area contributed by atoms with Gasteiger partial charge in [0.05, 0.1) is 36.4 Å². The van der Waals surface area contributed by atoms with E-state index in [1.807, 2.05) is 13.0 Å². The number of carbonyl (C=O) groups excluding carboxylic acids is 2. The first-order valence-electron chi connectivity index (χ1n) is 15.1. The van der Waals surface area contributed by atoms with Gasteiger partial charge in [-0.25, -0.2) is 4.79 Å². The van der Waals surface area contributed by atoms with E-state index in [1.165, 1.54) is 5.57 Å². The molecule has 2 saturated carbocycles. The lowest BCUT2D eigenvalue weighted by Crippen LogP contribution is -2.57. The zero-order chi connectivity index (χ0) is 28.4. The smallest absolute Gasteiger partial charge is 0.336 e. The minimum absolute atomic E-state index is 0.0115. The number of cyclic esters (lactones) is 1. The average molecular weight is 557 g/mol. The molecule has 0 bridgehead atoms. The van der Waals surface area contributed by atoms with Crippen LogP contribution in [0.1, 0.15) is 72.1 Å². The van der Waals surface area contributed by atoms with Gasteiger partial charge in [-0.1, -0.05) is 30.2 Å². The standard InChI is InChI=1S/C32H44O8/c1-17-11-21(40-29(37)23(17)16-39-30-26(34)13-20(33)15-38-30)12-19-8-10-24-22-9-7-18-5-4-6-27(35)31(18,2)25(22)14-28(36)32(19,24)3/h4,6-7,19-22,24-26,28,30,33-34,36H,5,8-16H2,1-3H3/t19?,20-,21?,22+,24?,25?,26+,28-,30+,31+,32-/m1/s1. The van der Waals surface area contributed by atoms with Crippen molar-refractivity contribution in [3.63, 3.8) is 0 Å². The van der Waals surface area contributed by atoms with Crippen molar-refractivity contribution in [2.24, 2.45) is 34.5 Å². The Kier molecular flexibility index (Phi) is 7.40. The van der Waals surface area contributed by atoms with Crippen LogP contribution in [0.2, 0.25) is 0 Å². The van der Waals surface area contributed by atoms with E-state index in [1.54, 1.807) is 6.08 Å². The molecule has 40 heavy (non-hydrogen) atoms. The Morgan fingerprint density at radius 3 is 2.65 bits per heavy atom. The molecule has 8 nitrogen and oxygen atoms in total. The van der Waals surface area contributed by atoms with Crippen LogP contribution in [0.4, 0.5) is 0 Å². The molecule has 220 valence electrons. The number of allylic oxidation sites excluding steroid dienone is 4. The SMILES string of the molecule is CC1=C(CO[C@@H]2OC[C@H](O)C[C@@H]2O)C(=O)OC(CC2CCC3[C@@H]4CC=C5CC=CC(=O)[C@]5(C)C4C[C@@H](O)[C@]23C)C1. The van der Waals surface area contributed by atoms with Crippen LogP contribution < -0.4 is 0 Å². The van der Waals surface area contributed by atoms with Crippen LogP contribution in [-0.2, 0) is 23.8 Å². The third-order valence-corrected chi connectivity index (χ3v) is 11.7. The van der Waals surface area contributed by atoms with E-state index in [4.69, 9.17) is 14.2 Å². The van der Waals surface area contributed by atoms with Gasteiger partial charge in [-0.05, 0) is 87.5 Å². The molecular formula is C32H44O8. The second-order valence-corrected chi connectivity index (χ2v) is 13.6. The zero-order valence-electron chi connectivity index (χ0n) is 23.9. The molecule has 8 heteroatoms. The van der Waals surface area contributed by atoms with Gasteiger partial charge in [-0.3, -0.25) is 4.79 Å². The van der Waals surface area contributed by atoms with Crippen LogP contribution in [0.5, 0.6) is 0 Å². The predicted molar refractivity (Wildman–Crippen MR) is 146 cm³/mol. The van der Waals surface area contributed by atoms with Gasteiger partial charge in [0.25, 0.3) is 0 Å². The van der Waals surface area contributed by atoms with Gasteiger partial charge in [-0.15, -0.1) is 0 Å². The lowest BCUT2D eigenvalue weighted by atomic mass is 9.47. The van der Waals surface area contributed by atoms with E-state index in [9.17, 15) is 24.9 Å². The lowest BCUT2D eigenvalue weighted by Gasteiger charge is -2.58. The van der Waals surface area contributed by atoms with Gasteiger partial charge in [0.2, 0.25) is 0 Å². The van der Waals surface area contributed by atoms with Gasteiger partial charge < -0.3 is 29.5 Å². The lowest BCUT2D eigenvalue weighted by molar-refractivity contribution is -0.232. The number of carbonyl (C=O) groups is 2. The Labute approximate surface area is 236 Å². The topological polar surface area (TPSA) is 123 Å². The van der Waals surface area contributed by atoms with Crippen LogP contribution >= 0.6 is 0 Å². The molecule has 0 spiro atoms. The molecule has 0 aromatic rings. The quantitative estimate of drug-likeness (QED) is 0.348. The molecular weight excluding hydrogens is 512 g/mol. The summed E-state index contributed by atoms with van der Waals surface area (Å²) in [6.45, 7) is 6.34. The summed E-state index contributed by atoms with van der Waals surface area (Å²) in [7, 11) is 0. The maximum Gasteiger partial charge on any atom is 0.336 e. The summed E-state index contributed by atoms with van der Waals surface area (Å²) in [5.74, 6) is 0.884. The largest absolute Gasteiger partial charge is 0.459 e. The van der Waals surface area contributed by atoms with Gasteiger partial charge in [0, 0.05) is 12.8 Å². The van der Waals surface area contributed by atoms with Gasteiger partial charge in [0.15, 0.2) is 12.1 Å². The van der Waals surface area contributed by atoms with Crippen molar-refractivity contribution >= 4 is 11.8 Å². The highest BCUT2D eigenvalue weighted by Crippen LogP contribution is 2.66. The molecule has 1 saturated heterocycles. The Bertz CT molecular complexity index is 1140. The molecule has 4 aliphatic carbocycles. The fourth-order valence-electron chi connectivity index (χ4n) is 9.28. The highest BCUT2D eigenvalue weighted by molar-refractivity contribution is 5.98. The maximum atomic E-state index is 13.2. The molecule has 0 aromatic heterocycles. The van der Waals surface area contributed by atoms with E-state index in [2.05, 4.69) is 19.9 Å². The Morgan fingerprint density at radius 2 is 1.90 bits per heavy atom. The molecule has 3 fully saturated rings. The molecule has 3 N–H and O–H groups in total. The Balaban J connectivity index is 1.13. The molecule has 4 unspecified atom stereocenters. The van der Waals surface area contributed by atoms with E-state index in [0.29, 0.717) is 36.7 Å². The third-order valence-electron chi connectivity index (χ3n) is 11.7. The van der Waals surface area contributed by atoms with Gasteiger partial charge >= 0.3 is 5.97 Å². The minimum atomic E-state index is -0.948. The first-order valence-corrected chi connectivity index (χ1v) is 15.1. The summed E-state index contributed by atoms with van der Waals surface area (Å²) in [5.41, 5.74) is 1.82. The fraction of sp³-hybridized carbons (Fsp3) is 0.750. The molecule has 2 heterocycles. The van der Waals surface area contributed by atoms with Crippen molar-refractivity contribution < 1.29 is 39.1 Å². The molecule has 2 aliphatic heterocycles. The maximum absolute atomic E-state index is 13.2. The van der Waals surface area contributed by atoms with Crippen molar-refractivity contribution in [3.8, 4) is 0 Å². The van der Waals surface area contributed by atoms with Gasteiger partial charge in [0.1, 0.15) is 12.2 Å². The second-order valence-electron chi connectivity index (χ2n) is 13.6. The number of fused-ring (bicyclic) bond motifs is 5. The highest BCUT2D eigenvalue weighted by atomic mass is 16.7. The third kappa shape index (κ3) is 4.46. The summed E-state index contributed by atoms with van der Waals surface area (Å²) < 4.78 is 17.0. The number of ketones is 1. The van der Waals surface area contributed by atoms with Crippen molar-refractivity contribution in [1.29, 1.82) is 0 Å². The number of aliphatic hydroxyl groups is 3. The Morgan fingerprint density at radius 1 is 1.10 bits per heavy atom. The highest BCUT2D eigenvalue weighted by Gasteiger charge is 2.63. The van der Waals surface area contributed by atoms with Crippen LogP contribution in [0.25, 0.3) is 0 Å². The zero-order valence-corrected chi connectivity index (χ0v) is 23.9. The molecule has 6 rings (SSSR count). The number of hydrogen-bond donors (Lipinski definition) is 3. The number of rotatable bonds is 5. The minimum Gasteiger partial charge on any atom is -0.459 e.